The molecule has 0 spiro atoms. The second kappa shape index (κ2) is 5.50. The number of carboxylic acid groups (broad SMARTS) is 1. The number of hydrogen-bond acceptors (Lipinski definition) is 4. The molecule has 0 aliphatic rings. The number of ether oxygens (including phenoxy) is 1. The van der Waals surface area contributed by atoms with Gasteiger partial charge in [-0.25, -0.2) is 9.59 Å². The molecule has 1 aromatic heterocycles. The SMILES string of the molecule is C=CCOC(=O)Nc1cncc(C(=O)O)c1. The maximum Gasteiger partial charge on any atom is 0.411 e. The molecule has 1 amide bonds. The van der Waals surface area contributed by atoms with Gasteiger partial charge in [0.05, 0.1) is 17.4 Å². The van der Waals surface area contributed by atoms with Crippen molar-refractivity contribution in [1.82, 2.24) is 4.98 Å². The topological polar surface area (TPSA) is 88.5 Å². The Morgan fingerprint density at radius 2 is 2.31 bits per heavy atom. The standard InChI is InChI=1S/C10H10N2O4/c1-2-3-16-10(15)12-8-4-7(9(13)14)5-11-6-8/h2,4-6H,1,3H2,(H,12,15)(H,13,14). The van der Waals surface area contributed by atoms with Crippen LogP contribution in [0.5, 0.6) is 0 Å². The first-order valence-electron chi connectivity index (χ1n) is 4.36. The summed E-state index contributed by atoms with van der Waals surface area (Å²) >= 11 is 0. The van der Waals surface area contributed by atoms with Crippen LogP contribution in [0.1, 0.15) is 10.4 Å². The van der Waals surface area contributed by atoms with Crippen LogP contribution >= 0.6 is 0 Å². The number of hydrogen-bond donors (Lipinski definition) is 2. The summed E-state index contributed by atoms with van der Waals surface area (Å²) in [6.07, 6.45) is 3.24. The van der Waals surface area contributed by atoms with Crippen molar-refractivity contribution in [1.29, 1.82) is 0 Å². The zero-order valence-electron chi connectivity index (χ0n) is 8.34. The molecule has 0 unspecified atom stereocenters. The molecule has 6 heteroatoms. The van der Waals surface area contributed by atoms with Crippen LogP contribution in [0.25, 0.3) is 0 Å². The zero-order valence-corrected chi connectivity index (χ0v) is 8.34. The minimum atomic E-state index is -1.12. The first kappa shape index (κ1) is 11.7. The Kier molecular flexibility index (Phi) is 4.02. The summed E-state index contributed by atoms with van der Waals surface area (Å²) in [5.41, 5.74) is 0.246. The highest BCUT2D eigenvalue weighted by Gasteiger charge is 2.06. The number of carbonyl (C=O) groups is 2. The first-order chi connectivity index (χ1) is 7.63. The minimum Gasteiger partial charge on any atom is -0.478 e. The first-order valence-corrected chi connectivity index (χ1v) is 4.36. The van der Waals surface area contributed by atoms with E-state index in [1.54, 1.807) is 0 Å². The van der Waals surface area contributed by atoms with Crippen LogP contribution in [0.3, 0.4) is 0 Å². The molecule has 0 aliphatic heterocycles. The Labute approximate surface area is 91.6 Å². The van der Waals surface area contributed by atoms with E-state index in [4.69, 9.17) is 5.11 Å². The summed E-state index contributed by atoms with van der Waals surface area (Å²) in [5, 5.41) is 11.0. The Morgan fingerprint density at radius 1 is 1.56 bits per heavy atom. The molecule has 0 aliphatic carbocycles. The highest BCUT2D eigenvalue weighted by Crippen LogP contribution is 2.08. The van der Waals surface area contributed by atoms with Crippen LogP contribution < -0.4 is 5.32 Å². The molecule has 0 aromatic carbocycles. The third-order valence-corrected chi connectivity index (χ3v) is 1.56. The van der Waals surface area contributed by atoms with E-state index >= 15 is 0 Å². The molecular formula is C10H10N2O4. The molecule has 84 valence electrons. The van der Waals surface area contributed by atoms with E-state index in [9.17, 15) is 9.59 Å². The molecule has 16 heavy (non-hydrogen) atoms. The molecule has 1 heterocycles. The number of carboxylic acids is 1. The summed E-state index contributed by atoms with van der Waals surface area (Å²) in [6, 6.07) is 1.28. The Balaban J connectivity index is 2.66. The van der Waals surface area contributed by atoms with Gasteiger partial charge in [-0.05, 0) is 6.07 Å². The largest absolute Gasteiger partial charge is 0.478 e. The fourth-order valence-electron chi connectivity index (χ4n) is 0.914. The Morgan fingerprint density at radius 3 is 2.94 bits per heavy atom. The number of carbonyl (C=O) groups excluding carboxylic acids is 1. The predicted octanol–water partition coefficient (Wildman–Crippen LogP) is 1.51. The smallest absolute Gasteiger partial charge is 0.411 e. The molecule has 0 fully saturated rings. The van der Waals surface area contributed by atoms with Gasteiger partial charge in [-0.2, -0.15) is 0 Å². The van der Waals surface area contributed by atoms with E-state index in [2.05, 4.69) is 21.6 Å². The van der Waals surface area contributed by atoms with Gasteiger partial charge in [-0.3, -0.25) is 10.3 Å². The van der Waals surface area contributed by atoms with E-state index in [0.29, 0.717) is 0 Å². The molecular weight excluding hydrogens is 212 g/mol. The minimum absolute atomic E-state index is 0.0125. The summed E-state index contributed by atoms with van der Waals surface area (Å²) in [7, 11) is 0. The highest BCUT2D eigenvalue weighted by atomic mass is 16.5. The van der Waals surface area contributed by atoms with Crippen LogP contribution in [0.2, 0.25) is 0 Å². The molecule has 1 rings (SSSR count). The van der Waals surface area contributed by atoms with Crippen molar-refractivity contribution in [3.8, 4) is 0 Å². The summed E-state index contributed by atoms with van der Waals surface area (Å²) in [4.78, 5) is 25.4. The van der Waals surface area contributed by atoms with Crippen molar-refractivity contribution in [3.05, 3.63) is 36.7 Å². The van der Waals surface area contributed by atoms with Crippen molar-refractivity contribution >= 4 is 17.7 Å². The molecule has 2 N–H and O–H groups in total. The van der Waals surface area contributed by atoms with E-state index in [1.165, 1.54) is 24.5 Å². The van der Waals surface area contributed by atoms with Gasteiger partial charge < -0.3 is 9.84 Å². The maximum absolute atomic E-state index is 11.1. The number of nitrogens with zero attached hydrogens (tertiary/aromatic N) is 1. The van der Waals surface area contributed by atoms with E-state index in [0.717, 1.165) is 0 Å². The third kappa shape index (κ3) is 3.41. The monoisotopic (exact) mass is 222 g/mol. The average Bonchev–Trinajstić information content (AvgIpc) is 2.26. The van der Waals surface area contributed by atoms with Gasteiger partial charge in [0.25, 0.3) is 0 Å². The fourth-order valence-corrected chi connectivity index (χ4v) is 0.914. The summed E-state index contributed by atoms with van der Waals surface area (Å²) < 4.78 is 4.65. The molecule has 6 nitrogen and oxygen atoms in total. The fraction of sp³-hybridized carbons (Fsp3) is 0.100. The van der Waals surface area contributed by atoms with Crippen LogP contribution in [0.4, 0.5) is 10.5 Å². The van der Waals surface area contributed by atoms with Crippen molar-refractivity contribution in [2.24, 2.45) is 0 Å². The Bertz CT molecular complexity index is 417. The van der Waals surface area contributed by atoms with Crippen molar-refractivity contribution < 1.29 is 19.4 Å². The molecule has 0 bridgehead atoms. The van der Waals surface area contributed by atoms with Crippen LogP contribution in [-0.4, -0.2) is 28.8 Å². The Hall–Kier alpha value is -2.37. The van der Waals surface area contributed by atoms with E-state index < -0.39 is 12.1 Å². The zero-order chi connectivity index (χ0) is 12.0. The quantitative estimate of drug-likeness (QED) is 0.754. The van der Waals surface area contributed by atoms with Gasteiger partial charge in [0, 0.05) is 6.20 Å². The van der Waals surface area contributed by atoms with Crippen molar-refractivity contribution in [3.63, 3.8) is 0 Å². The number of aromatic nitrogens is 1. The number of rotatable bonds is 4. The predicted molar refractivity (Wildman–Crippen MR) is 56.4 cm³/mol. The number of amides is 1. The molecule has 0 radical (unpaired) electrons. The molecule has 0 saturated heterocycles. The lowest BCUT2D eigenvalue weighted by Crippen LogP contribution is -2.14. The normalized spacial score (nSPS) is 9.25. The molecule has 0 atom stereocenters. The third-order valence-electron chi connectivity index (χ3n) is 1.56. The highest BCUT2D eigenvalue weighted by molar-refractivity contribution is 5.90. The van der Waals surface area contributed by atoms with Gasteiger partial charge >= 0.3 is 12.1 Å². The van der Waals surface area contributed by atoms with Crippen molar-refractivity contribution in [2.45, 2.75) is 0 Å². The van der Waals surface area contributed by atoms with Gasteiger partial charge in [0.2, 0.25) is 0 Å². The van der Waals surface area contributed by atoms with Crippen LogP contribution in [0, 0.1) is 0 Å². The van der Waals surface area contributed by atoms with Gasteiger partial charge in [-0.1, -0.05) is 12.7 Å². The number of anilines is 1. The maximum atomic E-state index is 11.1. The molecule has 1 aromatic rings. The van der Waals surface area contributed by atoms with Gasteiger partial charge in [-0.15, -0.1) is 0 Å². The average molecular weight is 222 g/mol. The number of nitrogens with one attached hydrogen (secondary N) is 1. The second-order valence-corrected chi connectivity index (χ2v) is 2.78. The van der Waals surface area contributed by atoms with E-state index in [1.807, 2.05) is 0 Å². The lowest BCUT2D eigenvalue weighted by molar-refractivity contribution is 0.0696. The van der Waals surface area contributed by atoms with Crippen LogP contribution in [0.15, 0.2) is 31.1 Å². The summed E-state index contributed by atoms with van der Waals surface area (Å²) in [6.45, 7) is 3.46. The second-order valence-electron chi connectivity index (χ2n) is 2.78. The lowest BCUT2D eigenvalue weighted by atomic mass is 10.3. The van der Waals surface area contributed by atoms with Crippen LogP contribution in [-0.2, 0) is 4.74 Å². The molecule has 0 saturated carbocycles. The summed E-state index contributed by atoms with van der Waals surface area (Å²) in [5.74, 6) is -1.12. The van der Waals surface area contributed by atoms with Gasteiger partial charge in [0.1, 0.15) is 6.61 Å². The van der Waals surface area contributed by atoms with Gasteiger partial charge in [0.15, 0.2) is 0 Å². The lowest BCUT2D eigenvalue weighted by Gasteiger charge is -2.04. The number of aromatic carboxylic acids is 1. The number of pyridine rings is 1. The van der Waals surface area contributed by atoms with Crippen molar-refractivity contribution in [2.75, 3.05) is 11.9 Å². The van der Waals surface area contributed by atoms with E-state index in [-0.39, 0.29) is 17.9 Å².